The number of allylic oxidation sites excluding steroid dienone is 8. The predicted molar refractivity (Wildman–Crippen MR) is 240 cm³/mol. The molecule has 56 heavy (non-hydrogen) atoms. The molecule has 9 rings (SSSR count). The first kappa shape index (κ1) is 34.8. The molecule has 1 heterocycles. The molecule has 0 aliphatic heterocycles. The summed E-state index contributed by atoms with van der Waals surface area (Å²) in [6, 6.07) is 60.2. The van der Waals surface area contributed by atoms with Gasteiger partial charge >= 0.3 is 0 Å². The molecule has 0 saturated carbocycles. The van der Waals surface area contributed by atoms with Crippen LogP contribution in [0.5, 0.6) is 0 Å². The molecule has 0 atom stereocenters. The van der Waals surface area contributed by atoms with Crippen molar-refractivity contribution in [3.63, 3.8) is 0 Å². The number of rotatable bonds is 9. The summed E-state index contributed by atoms with van der Waals surface area (Å²) < 4.78 is 2.39. The second-order valence-electron chi connectivity index (χ2n) is 14.4. The van der Waals surface area contributed by atoms with Crippen molar-refractivity contribution >= 4 is 39.4 Å². The first-order valence-electron chi connectivity index (χ1n) is 19.5. The molecule has 268 valence electrons. The zero-order valence-corrected chi connectivity index (χ0v) is 31.8. The summed E-state index contributed by atoms with van der Waals surface area (Å²) in [7, 11) is 0. The molecule has 1 aliphatic rings. The molecule has 0 saturated heterocycles. The molecule has 1 aromatic heterocycles. The topological polar surface area (TPSA) is 4.93 Å². The fourth-order valence-corrected chi connectivity index (χ4v) is 8.67. The van der Waals surface area contributed by atoms with E-state index in [9.17, 15) is 0 Å². The first-order valence-corrected chi connectivity index (χ1v) is 19.5. The van der Waals surface area contributed by atoms with Crippen LogP contribution in [0.3, 0.4) is 0 Å². The second-order valence-corrected chi connectivity index (χ2v) is 14.4. The SMILES string of the molecule is C/C=C\C=C/c1cc2ccccc2c2ccn(-c3ccc4c(c3)C(c3ccccc3)(c3ccccc3)c3cc(\C=C/C(=C\C=C\C)c5ccccc5)ccc3-4)c12. The molecule has 0 N–H and O–H groups in total. The van der Waals surface area contributed by atoms with E-state index in [2.05, 4.69) is 243 Å². The summed E-state index contributed by atoms with van der Waals surface area (Å²) in [4.78, 5) is 0. The van der Waals surface area contributed by atoms with Gasteiger partial charge in [0, 0.05) is 17.3 Å². The van der Waals surface area contributed by atoms with E-state index in [1.54, 1.807) is 0 Å². The van der Waals surface area contributed by atoms with Gasteiger partial charge in [0.1, 0.15) is 0 Å². The maximum absolute atomic E-state index is 2.45. The van der Waals surface area contributed by atoms with Crippen LogP contribution in [0.25, 0.3) is 56.2 Å². The molecule has 0 amide bonds. The number of fused-ring (bicyclic) bond motifs is 6. The third-order valence-corrected chi connectivity index (χ3v) is 11.2. The number of hydrogen-bond acceptors (Lipinski definition) is 0. The van der Waals surface area contributed by atoms with Gasteiger partial charge in [0.15, 0.2) is 0 Å². The molecule has 0 fully saturated rings. The molecule has 7 aromatic carbocycles. The van der Waals surface area contributed by atoms with E-state index in [1.165, 1.54) is 71.8 Å². The Hall–Kier alpha value is -6.96. The average molecular weight is 718 g/mol. The lowest BCUT2D eigenvalue weighted by Crippen LogP contribution is -2.28. The van der Waals surface area contributed by atoms with Crippen LogP contribution < -0.4 is 0 Å². The lowest BCUT2D eigenvalue weighted by Gasteiger charge is -2.34. The highest BCUT2D eigenvalue weighted by molar-refractivity contribution is 6.10. The van der Waals surface area contributed by atoms with Crippen LogP contribution in [0.1, 0.15) is 52.8 Å². The highest BCUT2D eigenvalue weighted by atomic mass is 15.0. The molecule has 0 spiro atoms. The molecule has 0 radical (unpaired) electrons. The van der Waals surface area contributed by atoms with Crippen molar-refractivity contribution in [3.05, 3.63) is 251 Å². The van der Waals surface area contributed by atoms with E-state index in [0.717, 1.165) is 11.3 Å². The molecule has 1 aliphatic carbocycles. The zero-order chi connectivity index (χ0) is 37.9. The maximum atomic E-state index is 2.45. The Kier molecular flexibility index (Phi) is 9.35. The van der Waals surface area contributed by atoms with Gasteiger partial charge < -0.3 is 4.57 Å². The van der Waals surface area contributed by atoms with Crippen LogP contribution in [0, 0.1) is 0 Å². The standard InChI is InChI=1S/C55H43N/c1-3-5-10-23-44-38-43-22-17-18-28-48(43)51-35-36-56(54(44)51)47-32-34-50-49-33-30-40(29-31-42(19-6-4-2)41-20-11-7-12-21-41)37-52(49)55(53(50)39-47,45-24-13-8-14-25-45)46-26-15-9-16-27-46/h3-39H,1-2H3/b5-3-,6-4+,23-10-,31-29-,42-19+. The number of aromatic nitrogens is 1. The minimum absolute atomic E-state index is 0.541. The van der Waals surface area contributed by atoms with Crippen molar-refractivity contribution < 1.29 is 0 Å². The molecular weight excluding hydrogens is 675 g/mol. The molecule has 8 aromatic rings. The van der Waals surface area contributed by atoms with Crippen molar-refractivity contribution in [1.29, 1.82) is 0 Å². The van der Waals surface area contributed by atoms with Gasteiger partial charge in [0.05, 0.1) is 10.9 Å². The zero-order valence-electron chi connectivity index (χ0n) is 31.8. The van der Waals surface area contributed by atoms with Crippen molar-refractivity contribution in [1.82, 2.24) is 4.57 Å². The Morgan fingerprint density at radius 2 is 1.18 bits per heavy atom. The monoisotopic (exact) mass is 717 g/mol. The average Bonchev–Trinajstić information content (AvgIpc) is 3.83. The highest BCUT2D eigenvalue weighted by Gasteiger charge is 2.46. The van der Waals surface area contributed by atoms with E-state index in [0.29, 0.717) is 0 Å². The fourth-order valence-electron chi connectivity index (χ4n) is 8.67. The van der Waals surface area contributed by atoms with Gasteiger partial charge in [0.25, 0.3) is 0 Å². The van der Waals surface area contributed by atoms with E-state index in [1.807, 2.05) is 0 Å². The molecule has 0 bridgehead atoms. The van der Waals surface area contributed by atoms with E-state index in [4.69, 9.17) is 0 Å². The van der Waals surface area contributed by atoms with Crippen molar-refractivity contribution in [2.45, 2.75) is 19.3 Å². The molecule has 0 unspecified atom stereocenters. The Bertz CT molecular complexity index is 2800. The number of benzene rings is 7. The van der Waals surface area contributed by atoms with E-state index in [-0.39, 0.29) is 0 Å². The van der Waals surface area contributed by atoms with Crippen LogP contribution in [-0.4, -0.2) is 4.57 Å². The fraction of sp³-hybridized carbons (Fsp3) is 0.0545. The smallest absolute Gasteiger partial charge is 0.0714 e. The Balaban J connectivity index is 1.27. The van der Waals surface area contributed by atoms with Crippen LogP contribution in [0.2, 0.25) is 0 Å². The summed E-state index contributed by atoms with van der Waals surface area (Å²) in [6.45, 7) is 4.11. The molecular formula is C55H43N. The van der Waals surface area contributed by atoms with Gasteiger partial charge in [0.2, 0.25) is 0 Å². The minimum atomic E-state index is -0.541. The quantitative estimate of drug-likeness (QED) is 0.131. The van der Waals surface area contributed by atoms with Gasteiger partial charge in [-0.25, -0.2) is 0 Å². The van der Waals surface area contributed by atoms with Gasteiger partial charge in [-0.15, -0.1) is 0 Å². The van der Waals surface area contributed by atoms with E-state index < -0.39 is 5.41 Å². The lowest BCUT2D eigenvalue weighted by molar-refractivity contribution is 0.767. The molecule has 1 nitrogen and oxygen atoms in total. The van der Waals surface area contributed by atoms with Crippen molar-refractivity contribution in [2.75, 3.05) is 0 Å². The minimum Gasteiger partial charge on any atom is -0.316 e. The van der Waals surface area contributed by atoms with Crippen LogP contribution in [0.4, 0.5) is 0 Å². The van der Waals surface area contributed by atoms with Gasteiger partial charge in [-0.2, -0.15) is 0 Å². The normalized spacial score (nSPS) is 13.9. The van der Waals surface area contributed by atoms with Crippen LogP contribution in [-0.2, 0) is 5.41 Å². The summed E-state index contributed by atoms with van der Waals surface area (Å²) in [5.74, 6) is 0. The lowest BCUT2D eigenvalue weighted by atomic mass is 9.67. The van der Waals surface area contributed by atoms with Gasteiger partial charge in [-0.1, -0.05) is 188 Å². The number of nitrogens with zero attached hydrogens (tertiary/aromatic N) is 1. The summed E-state index contributed by atoms with van der Waals surface area (Å²) >= 11 is 0. The Labute approximate surface area is 330 Å². The Morgan fingerprint density at radius 3 is 1.89 bits per heavy atom. The highest BCUT2D eigenvalue weighted by Crippen LogP contribution is 2.57. The van der Waals surface area contributed by atoms with Crippen molar-refractivity contribution in [2.24, 2.45) is 0 Å². The second kappa shape index (κ2) is 15.1. The predicted octanol–water partition coefficient (Wildman–Crippen LogP) is 14.4. The largest absolute Gasteiger partial charge is 0.316 e. The maximum Gasteiger partial charge on any atom is 0.0714 e. The summed E-state index contributed by atoms with van der Waals surface area (Å²) in [5, 5.41) is 3.75. The third kappa shape index (κ3) is 5.99. The Morgan fingerprint density at radius 1 is 0.536 bits per heavy atom. The number of hydrogen-bond donors (Lipinski definition) is 0. The summed E-state index contributed by atoms with van der Waals surface area (Å²) in [5.41, 5.74) is 14.1. The molecule has 1 heteroatoms. The van der Waals surface area contributed by atoms with Gasteiger partial charge in [-0.05, 0) is 111 Å². The van der Waals surface area contributed by atoms with Gasteiger partial charge in [-0.3, -0.25) is 0 Å². The summed E-state index contributed by atoms with van der Waals surface area (Å²) in [6.07, 6.45) is 21.7. The van der Waals surface area contributed by atoms with Crippen LogP contribution >= 0.6 is 0 Å². The van der Waals surface area contributed by atoms with E-state index >= 15 is 0 Å². The van der Waals surface area contributed by atoms with Crippen molar-refractivity contribution in [3.8, 4) is 16.8 Å². The van der Waals surface area contributed by atoms with Crippen LogP contribution in [0.15, 0.2) is 213 Å². The third-order valence-electron chi connectivity index (χ3n) is 11.2. The first-order chi connectivity index (χ1) is 27.7.